The Kier molecular flexibility index (Phi) is 4.92. The van der Waals surface area contributed by atoms with E-state index in [9.17, 15) is 0 Å². The van der Waals surface area contributed by atoms with E-state index in [4.69, 9.17) is 0 Å². The first kappa shape index (κ1) is 20.0. The summed E-state index contributed by atoms with van der Waals surface area (Å²) in [5.74, 6) is 0. The maximum atomic E-state index is 4.63. The molecule has 0 unspecified atom stereocenters. The highest BCUT2D eigenvalue weighted by Crippen LogP contribution is 2.32. The number of fused-ring (bicyclic) bond motifs is 2. The average molecular weight is 444 g/mol. The number of hydrogen-bond acceptors (Lipinski definition) is 6. The number of nitrogens with one attached hydrogen (secondary N) is 1. The molecule has 0 bridgehead atoms. The predicted octanol–water partition coefficient (Wildman–Crippen LogP) is 5.25. The zero-order valence-electron chi connectivity index (χ0n) is 18.6. The van der Waals surface area contributed by atoms with Crippen molar-refractivity contribution in [3.05, 3.63) is 97.7 Å². The summed E-state index contributed by atoms with van der Waals surface area (Å²) in [6.45, 7) is 0.622. The monoisotopic (exact) mass is 443 g/mol. The van der Waals surface area contributed by atoms with E-state index < -0.39 is 0 Å². The minimum atomic E-state index is 0.622. The molecule has 0 aliphatic carbocycles. The highest BCUT2D eigenvalue weighted by Gasteiger charge is 2.11. The fourth-order valence-corrected chi connectivity index (χ4v) is 4.22. The van der Waals surface area contributed by atoms with Gasteiger partial charge >= 0.3 is 0 Å². The van der Waals surface area contributed by atoms with Gasteiger partial charge in [-0.3, -0.25) is 15.0 Å². The van der Waals surface area contributed by atoms with Crippen LogP contribution in [0.4, 0.5) is 5.69 Å². The van der Waals surface area contributed by atoms with Crippen LogP contribution in [0, 0.1) is 0 Å². The van der Waals surface area contributed by atoms with Gasteiger partial charge in [0.1, 0.15) is 6.33 Å². The Hall–Kier alpha value is -4.65. The molecule has 1 N–H and O–H groups in total. The van der Waals surface area contributed by atoms with Crippen LogP contribution < -0.4 is 5.32 Å². The highest BCUT2D eigenvalue weighted by atomic mass is 14.9. The van der Waals surface area contributed by atoms with Crippen molar-refractivity contribution in [3.8, 4) is 22.3 Å². The van der Waals surface area contributed by atoms with Gasteiger partial charge in [0, 0.05) is 84.9 Å². The van der Waals surface area contributed by atoms with Crippen LogP contribution in [-0.2, 0) is 13.6 Å². The van der Waals surface area contributed by atoms with E-state index in [2.05, 4.69) is 84.4 Å². The Morgan fingerprint density at radius 3 is 2.56 bits per heavy atom. The van der Waals surface area contributed by atoms with Gasteiger partial charge in [-0.25, -0.2) is 9.97 Å². The number of hydrogen-bond donors (Lipinski definition) is 1. The van der Waals surface area contributed by atoms with Crippen LogP contribution in [0.2, 0.25) is 0 Å². The summed E-state index contributed by atoms with van der Waals surface area (Å²) < 4.78 is 2.13. The Labute approximate surface area is 196 Å². The van der Waals surface area contributed by atoms with Crippen LogP contribution in [0.15, 0.2) is 92.2 Å². The molecule has 0 spiro atoms. The molecule has 4 heterocycles. The summed E-state index contributed by atoms with van der Waals surface area (Å²) >= 11 is 0. The van der Waals surface area contributed by atoms with Crippen molar-refractivity contribution >= 4 is 27.6 Å². The Balaban J connectivity index is 1.35. The Bertz CT molecular complexity index is 1620. The summed E-state index contributed by atoms with van der Waals surface area (Å²) in [6.07, 6.45) is 14.3. The average Bonchev–Trinajstić information content (AvgIpc) is 3.27. The molecule has 0 aliphatic rings. The molecule has 0 saturated heterocycles. The van der Waals surface area contributed by atoms with Crippen molar-refractivity contribution in [1.82, 2.24) is 29.5 Å². The molecule has 7 nitrogen and oxygen atoms in total. The molecule has 6 rings (SSSR count). The number of aromatic nitrogens is 6. The van der Waals surface area contributed by atoms with Gasteiger partial charge in [0.05, 0.1) is 11.0 Å². The zero-order valence-corrected chi connectivity index (χ0v) is 18.6. The van der Waals surface area contributed by atoms with Gasteiger partial charge in [-0.05, 0) is 46.8 Å². The van der Waals surface area contributed by atoms with E-state index in [1.807, 2.05) is 18.5 Å². The maximum absolute atomic E-state index is 4.63. The first-order valence-corrected chi connectivity index (χ1v) is 11.0. The van der Waals surface area contributed by atoms with Gasteiger partial charge in [0.2, 0.25) is 0 Å². The third kappa shape index (κ3) is 3.73. The van der Waals surface area contributed by atoms with Crippen molar-refractivity contribution in [3.63, 3.8) is 0 Å². The summed E-state index contributed by atoms with van der Waals surface area (Å²) in [5.41, 5.74) is 9.03. The van der Waals surface area contributed by atoms with Gasteiger partial charge in [0.25, 0.3) is 0 Å². The van der Waals surface area contributed by atoms with Crippen LogP contribution in [0.5, 0.6) is 0 Å². The largest absolute Gasteiger partial charge is 0.381 e. The standard InChI is InChI=1S/C27H21N7/c1-34-7-4-19-2-3-20(9-26(19)34)24-10-23(11-25-27(24)32-6-5-31-25)33-13-18-8-21(14-28-12-18)22-15-29-17-30-16-22/h2-12,14-17,33H,13H2,1H3. The van der Waals surface area contributed by atoms with E-state index in [0.29, 0.717) is 6.54 Å². The molecular weight excluding hydrogens is 422 g/mol. The minimum absolute atomic E-state index is 0.622. The van der Waals surface area contributed by atoms with Crippen molar-refractivity contribution in [2.45, 2.75) is 6.54 Å². The number of benzene rings is 2. The second-order valence-electron chi connectivity index (χ2n) is 8.21. The lowest BCUT2D eigenvalue weighted by molar-refractivity contribution is 0.969. The summed E-state index contributed by atoms with van der Waals surface area (Å²) in [4.78, 5) is 21.8. The first-order valence-electron chi connectivity index (χ1n) is 11.0. The fraction of sp³-hybridized carbons (Fsp3) is 0.0741. The Morgan fingerprint density at radius 2 is 1.65 bits per heavy atom. The molecule has 34 heavy (non-hydrogen) atoms. The van der Waals surface area contributed by atoms with Crippen LogP contribution in [-0.4, -0.2) is 29.5 Å². The lowest BCUT2D eigenvalue weighted by atomic mass is 10.0. The van der Waals surface area contributed by atoms with E-state index in [1.165, 1.54) is 17.2 Å². The van der Waals surface area contributed by atoms with Gasteiger partial charge < -0.3 is 9.88 Å². The van der Waals surface area contributed by atoms with Gasteiger partial charge in [-0.2, -0.15) is 0 Å². The molecule has 0 saturated carbocycles. The fourth-order valence-electron chi connectivity index (χ4n) is 4.22. The molecule has 0 atom stereocenters. The summed E-state index contributed by atoms with van der Waals surface area (Å²) in [7, 11) is 2.06. The van der Waals surface area contributed by atoms with E-state index in [-0.39, 0.29) is 0 Å². The third-order valence-electron chi connectivity index (χ3n) is 5.96. The molecule has 0 aliphatic heterocycles. The molecule has 0 fully saturated rings. The number of rotatable bonds is 5. The van der Waals surface area contributed by atoms with Crippen molar-refractivity contribution in [2.24, 2.45) is 7.05 Å². The number of pyridine rings is 1. The van der Waals surface area contributed by atoms with E-state index in [0.717, 1.165) is 44.5 Å². The molecule has 164 valence electrons. The summed E-state index contributed by atoms with van der Waals surface area (Å²) in [5, 5.41) is 4.76. The number of nitrogens with zero attached hydrogens (tertiary/aromatic N) is 6. The molecular formula is C27H21N7. The minimum Gasteiger partial charge on any atom is -0.381 e. The molecule has 6 aromatic rings. The maximum Gasteiger partial charge on any atom is 0.115 e. The van der Waals surface area contributed by atoms with Crippen molar-refractivity contribution < 1.29 is 0 Å². The van der Waals surface area contributed by atoms with Crippen molar-refractivity contribution in [1.29, 1.82) is 0 Å². The van der Waals surface area contributed by atoms with Crippen molar-refractivity contribution in [2.75, 3.05) is 5.32 Å². The third-order valence-corrected chi connectivity index (χ3v) is 5.96. The van der Waals surface area contributed by atoms with Gasteiger partial charge in [-0.1, -0.05) is 12.1 Å². The number of anilines is 1. The van der Waals surface area contributed by atoms with Crippen LogP contribution in [0.3, 0.4) is 0 Å². The lowest BCUT2D eigenvalue weighted by Gasteiger charge is -2.12. The van der Waals surface area contributed by atoms with Gasteiger partial charge in [-0.15, -0.1) is 0 Å². The van der Waals surface area contributed by atoms with Crippen LogP contribution in [0.25, 0.3) is 44.2 Å². The molecule has 0 radical (unpaired) electrons. The summed E-state index contributed by atoms with van der Waals surface area (Å²) in [6, 6.07) is 14.9. The molecule has 4 aromatic heterocycles. The molecule has 7 heteroatoms. The smallest absolute Gasteiger partial charge is 0.115 e. The SMILES string of the molecule is Cn1ccc2ccc(-c3cc(NCc4cncc(-c5cncnc5)c4)cc4nccnc34)cc21. The zero-order chi connectivity index (χ0) is 22.9. The van der Waals surface area contributed by atoms with Crippen LogP contribution in [0.1, 0.15) is 5.56 Å². The van der Waals surface area contributed by atoms with Crippen LogP contribution >= 0.6 is 0 Å². The van der Waals surface area contributed by atoms with Gasteiger partial charge in [0.15, 0.2) is 0 Å². The second kappa shape index (κ2) is 8.37. The highest BCUT2D eigenvalue weighted by molar-refractivity contribution is 5.97. The molecule has 0 amide bonds. The van der Waals surface area contributed by atoms with E-state index in [1.54, 1.807) is 24.8 Å². The predicted molar refractivity (Wildman–Crippen MR) is 134 cm³/mol. The lowest BCUT2D eigenvalue weighted by Crippen LogP contribution is -2.01. The molecule has 2 aromatic carbocycles. The van der Waals surface area contributed by atoms with E-state index >= 15 is 0 Å². The number of aryl methyl sites for hydroxylation is 1. The first-order chi connectivity index (χ1) is 16.7. The topological polar surface area (TPSA) is 81.4 Å². The Morgan fingerprint density at radius 1 is 0.794 bits per heavy atom. The quantitative estimate of drug-likeness (QED) is 0.392. The normalized spacial score (nSPS) is 11.2. The second-order valence-corrected chi connectivity index (χ2v) is 8.21.